The van der Waals surface area contributed by atoms with Crippen molar-refractivity contribution in [3.8, 4) is 0 Å². The van der Waals surface area contributed by atoms with Crippen molar-refractivity contribution in [1.29, 1.82) is 0 Å². The minimum atomic E-state index is -1.25. The van der Waals surface area contributed by atoms with Crippen molar-refractivity contribution < 1.29 is 15.0 Å². The van der Waals surface area contributed by atoms with Crippen LogP contribution in [0.1, 0.15) is 32.6 Å². The van der Waals surface area contributed by atoms with E-state index in [9.17, 15) is 10.1 Å². The van der Waals surface area contributed by atoms with Gasteiger partial charge in [0.1, 0.15) is 0 Å². The second-order valence-corrected chi connectivity index (χ2v) is 2.28. The number of hydrogen-bond donors (Lipinski definition) is 1. The fraction of sp³-hybridized carbons (Fsp3) is 1.00. The van der Waals surface area contributed by atoms with Crippen molar-refractivity contribution in [3.05, 3.63) is 10.1 Å². The Morgan fingerprint density at radius 3 is 2.73 bits per heavy atom. The molecule has 0 rings (SSSR count). The lowest BCUT2D eigenvalue weighted by Crippen LogP contribution is -2.15. The summed E-state index contributed by atoms with van der Waals surface area (Å²) in [5, 5.41) is 17.5. The van der Waals surface area contributed by atoms with Crippen LogP contribution in [0.4, 0.5) is 0 Å². The highest BCUT2D eigenvalue weighted by Gasteiger charge is 2.06. The molecule has 0 heterocycles. The Morgan fingerprint density at radius 2 is 2.27 bits per heavy atom. The second-order valence-electron chi connectivity index (χ2n) is 2.28. The Bertz CT molecular complexity index is 117. The monoisotopic (exact) mass is 163 g/mol. The largest absolute Gasteiger partial charge is 0.368 e. The summed E-state index contributed by atoms with van der Waals surface area (Å²) in [5.74, 6) is 0. The van der Waals surface area contributed by atoms with Gasteiger partial charge in [0.2, 0.25) is 6.29 Å². The summed E-state index contributed by atoms with van der Waals surface area (Å²) in [6.07, 6.45) is 1.81. The van der Waals surface area contributed by atoms with Gasteiger partial charge in [0.05, 0.1) is 0 Å². The van der Waals surface area contributed by atoms with Crippen LogP contribution in [0.25, 0.3) is 0 Å². The van der Waals surface area contributed by atoms with E-state index in [0.717, 1.165) is 19.3 Å². The third-order valence-corrected chi connectivity index (χ3v) is 1.26. The van der Waals surface area contributed by atoms with Crippen LogP contribution in [0.15, 0.2) is 0 Å². The first-order chi connectivity index (χ1) is 5.16. The first-order valence-corrected chi connectivity index (χ1v) is 3.66. The molecule has 1 atom stereocenters. The Morgan fingerprint density at radius 1 is 1.64 bits per heavy atom. The van der Waals surface area contributed by atoms with Crippen molar-refractivity contribution in [1.82, 2.24) is 0 Å². The molecule has 0 saturated carbocycles. The van der Waals surface area contributed by atoms with Crippen molar-refractivity contribution in [3.63, 3.8) is 0 Å². The molecule has 0 aliphatic carbocycles. The standard InChI is InChI=1S/C6H13NO4/c1-2-3-4-5-6(8)11-7(9)10/h6,8H,2-5H2,1H3. The maximum absolute atomic E-state index is 9.67. The highest BCUT2D eigenvalue weighted by molar-refractivity contribution is 4.41. The average Bonchev–Trinajstić information content (AvgIpc) is 1.86. The molecule has 0 fully saturated rings. The van der Waals surface area contributed by atoms with Gasteiger partial charge in [-0.25, -0.2) is 0 Å². The topological polar surface area (TPSA) is 72.6 Å². The Hall–Kier alpha value is -0.840. The van der Waals surface area contributed by atoms with Crippen LogP contribution in [-0.4, -0.2) is 16.5 Å². The van der Waals surface area contributed by atoms with Gasteiger partial charge in [0.25, 0.3) is 5.09 Å². The highest BCUT2D eigenvalue weighted by Crippen LogP contribution is 2.03. The van der Waals surface area contributed by atoms with Crippen molar-refractivity contribution in [2.75, 3.05) is 0 Å². The lowest BCUT2D eigenvalue weighted by Gasteiger charge is -2.06. The molecule has 0 aromatic carbocycles. The zero-order valence-corrected chi connectivity index (χ0v) is 6.52. The van der Waals surface area contributed by atoms with Gasteiger partial charge in [-0.15, -0.1) is 10.1 Å². The highest BCUT2D eigenvalue weighted by atomic mass is 17.0. The average molecular weight is 163 g/mol. The van der Waals surface area contributed by atoms with Crippen LogP contribution in [-0.2, 0) is 4.84 Å². The van der Waals surface area contributed by atoms with Gasteiger partial charge in [-0.2, -0.15) is 0 Å². The first kappa shape index (κ1) is 10.2. The smallest absolute Gasteiger partial charge is 0.297 e. The van der Waals surface area contributed by atoms with E-state index in [2.05, 4.69) is 4.84 Å². The second kappa shape index (κ2) is 5.91. The van der Waals surface area contributed by atoms with E-state index >= 15 is 0 Å². The fourth-order valence-electron chi connectivity index (χ4n) is 0.721. The molecule has 0 spiro atoms. The maximum atomic E-state index is 9.67. The fourth-order valence-corrected chi connectivity index (χ4v) is 0.721. The van der Waals surface area contributed by atoms with Crippen LogP contribution in [0.5, 0.6) is 0 Å². The molecule has 1 unspecified atom stereocenters. The molecule has 66 valence electrons. The van der Waals surface area contributed by atoms with Gasteiger partial charge in [-0.1, -0.05) is 19.8 Å². The lowest BCUT2D eigenvalue weighted by molar-refractivity contribution is -0.780. The van der Waals surface area contributed by atoms with E-state index < -0.39 is 11.4 Å². The normalized spacial score (nSPS) is 12.5. The summed E-state index contributed by atoms with van der Waals surface area (Å²) in [7, 11) is 0. The first-order valence-electron chi connectivity index (χ1n) is 3.66. The molecule has 0 aliphatic rings. The zero-order chi connectivity index (χ0) is 8.69. The van der Waals surface area contributed by atoms with Gasteiger partial charge >= 0.3 is 0 Å². The lowest BCUT2D eigenvalue weighted by atomic mass is 10.2. The van der Waals surface area contributed by atoms with Crippen molar-refractivity contribution >= 4 is 0 Å². The van der Waals surface area contributed by atoms with E-state index in [1.165, 1.54) is 0 Å². The molecule has 5 heteroatoms. The minimum absolute atomic E-state index is 0.328. The van der Waals surface area contributed by atoms with Gasteiger partial charge in [0, 0.05) is 0 Å². The van der Waals surface area contributed by atoms with E-state index in [1.54, 1.807) is 0 Å². The molecular weight excluding hydrogens is 150 g/mol. The van der Waals surface area contributed by atoms with E-state index in [0.29, 0.717) is 6.42 Å². The Labute approximate surface area is 65.1 Å². The molecule has 0 bridgehead atoms. The summed E-state index contributed by atoms with van der Waals surface area (Å²) in [6, 6.07) is 0. The molecule has 5 nitrogen and oxygen atoms in total. The number of hydrogen-bond acceptors (Lipinski definition) is 4. The molecule has 0 saturated heterocycles. The summed E-state index contributed by atoms with van der Waals surface area (Å²) in [6.45, 7) is 2.01. The molecule has 0 aliphatic heterocycles. The number of rotatable bonds is 6. The summed E-state index contributed by atoms with van der Waals surface area (Å²) in [5.41, 5.74) is 0. The molecule has 0 amide bonds. The van der Waals surface area contributed by atoms with Gasteiger partial charge < -0.3 is 5.11 Å². The minimum Gasteiger partial charge on any atom is -0.368 e. The quantitative estimate of drug-likeness (QED) is 0.275. The molecule has 0 radical (unpaired) electrons. The summed E-state index contributed by atoms with van der Waals surface area (Å²) < 4.78 is 0. The SMILES string of the molecule is CCCCCC(O)O[N+](=O)[O-]. The van der Waals surface area contributed by atoms with Crippen LogP contribution in [0.2, 0.25) is 0 Å². The Kier molecular flexibility index (Phi) is 5.46. The third kappa shape index (κ3) is 7.05. The van der Waals surface area contributed by atoms with Crippen molar-refractivity contribution in [2.45, 2.75) is 38.9 Å². The Balaban J connectivity index is 3.22. The van der Waals surface area contributed by atoms with Gasteiger partial charge in [-0.3, -0.25) is 4.84 Å². The molecule has 0 aromatic rings. The van der Waals surface area contributed by atoms with Crippen molar-refractivity contribution in [2.24, 2.45) is 0 Å². The van der Waals surface area contributed by atoms with Crippen LogP contribution >= 0.6 is 0 Å². The third-order valence-electron chi connectivity index (χ3n) is 1.26. The summed E-state index contributed by atoms with van der Waals surface area (Å²) >= 11 is 0. The molecule has 11 heavy (non-hydrogen) atoms. The maximum Gasteiger partial charge on any atom is 0.297 e. The zero-order valence-electron chi connectivity index (χ0n) is 6.52. The number of aliphatic hydroxyl groups is 1. The van der Waals surface area contributed by atoms with Crippen LogP contribution in [0, 0.1) is 10.1 Å². The number of unbranched alkanes of at least 4 members (excludes halogenated alkanes) is 2. The predicted molar refractivity (Wildman–Crippen MR) is 38.2 cm³/mol. The van der Waals surface area contributed by atoms with Crippen LogP contribution < -0.4 is 0 Å². The molecular formula is C6H13NO4. The molecule has 0 aromatic heterocycles. The van der Waals surface area contributed by atoms with E-state index in [4.69, 9.17) is 5.11 Å². The predicted octanol–water partition coefficient (Wildman–Crippen LogP) is 1.09. The van der Waals surface area contributed by atoms with Gasteiger partial charge in [0.15, 0.2) is 0 Å². The number of nitrogens with zero attached hydrogens (tertiary/aromatic N) is 1. The van der Waals surface area contributed by atoms with Crippen LogP contribution in [0.3, 0.4) is 0 Å². The molecule has 1 N–H and O–H groups in total. The van der Waals surface area contributed by atoms with E-state index in [1.807, 2.05) is 6.92 Å². The summed E-state index contributed by atoms with van der Waals surface area (Å²) in [4.78, 5) is 13.5. The van der Waals surface area contributed by atoms with E-state index in [-0.39, 0.29) is 0 Å². The number of aliphatic hydroxyl groups excluding tert-OH is 1. The van der Waals surface area contributed by atoms with Gasteiger partial charge in [-0.05, 0) is 12.8 Å².